The zero-order valence-electron chi connectivity index (χ0n) is 18.6. The number of esters is 1. The number of hydrogen-bond donors (Lipinski definition) is 1. The van der Waals surface area contributed by atoms with Gasteiger partial charge in [-0.1, -0.05) is 30.3 Å². The van der Waals surface area contributed by atoms with Crippen LogP contribution in [0.2, 0.25) is 0 Å². The number of methoxy groups -OCH3 is 2. The fourth-order valence-electron chi connectivity index (χ4n) is 4.76. The lowest BCUT2D eigenvalue weighted by Gasteiger charge is -2.36. The number of benzene rings is 2. The van der Waals surface area contributed by atoms with Crippen LogP contribution < -0.4 is 10.1 Å². The maximum Gasteiger partial charge on any atom is 0.336 e. The van der Waals surface area contributed by atoms with Crippen molar-refractivity contribution in [1.82, 2.24) is 5.32 Å². The Kier molecular flexibility index (Phi) is 6.00. The molecule has 1 aliphatic carbocycles. The molecule has 0 saturated carbocycles. The number of dihydropyridines is 1. The van der Waals surface area contributed by atoms with E-state index in [1.54, 1.807) is 26.2 Å². The van der Waals surface area contributed by atoms with E-state index in [0.717, 1.165) is 17.0 Å². The Morgan fingerprint density at radius 3 is 2.42 bits per heavy atom. The van der Waals surface area contributed by atoms with Crippen molar-refractivity contribution in [1.29, 1.82) is 0 Å². The largest absolute Gasteiger partial charge is 0.496 e. The summed E-state index contributed by atoms with van der Waals surface area (Å²) in [5, 5.41) is 14.4. The second kappa shape index (κ2) is 8.90. The van der Waals surface area contributed by atoms with Gasteiger partial charge in [0.05, 0.1) is 24.7 Å². The van der Waals surface area contributed by atoms with Gasteiger partial charge in [-0.3, -0.25) is 14.9 Å². The van der Waals surface area contributed by atoms with Crippen LogP contribution in [0, 0.1) is 10.1 Å². The molecule has 8 heteroatoms. The van der Waals surface area contributed by atoms with Gasteiger partial charge in [0.1, 0.15) is 5.75 Å². The number of carbonyl (C=O) groups excluding carboxylic acids is 2. The van der Waals surface area contributed by atoms with Gasteiger partial charge in [-0.25, -0.2) is 4.79 Å². The first-order valence-corrected chi connectivity index (χ1v) is 10.5. The van der Waals surface area contributed by atoms with Crippen molar-refractivity contribution >= 4 is 17.4 Å². The molecule has 0 spiro atoms. The molecule has 0 saturated heterocycles. The predicted molar refractivity (Wildman–Crippen MR) is 121 cm³/mol. The average molecular weight is 448 g/mol. The Morgan fingerprint density at radius 2 is 1.79 bits per heavy atom. The number of non-ortho nitro benzene ring substituents is 1. The SMILES string of the molecule is COC(=O)C1=C(C)NC2=C(C(=O)C[C@H](c3ccccc3OC)C2)[C@H]1c1ccc([N+](=O)[O-])cc1. The summed E-state index contributed by atoms with van der Waals surface area (Å²) < 4.78 is 10.5. The van der Waals surface area contributed by atoms with E-state index >= 15 is 0 Å². The van der Waals surface area contributed by atoms with Gasteiger partial charge in [0.25, 0.3) is 5.69 Å². The number of hydrogen-bond acceptors (Lipinski definition) is 7. The molecule has 4 rings (SSSR count). The van der Waals surface area contributed by atoms with E-state index in [0.29, 0.717) is 28.8 Å². The minimum atomic E-state index is -0.666. The number of carbonyl (C=O) groups is 2. The molecule has 170 valence electrons. The molecule has 2 aliphatic rings. The Labute approximate surface area is 191 Å². The van der Waals surface area contributed by atoms with E-state index < -0.39 is 16.8 Å². The number of allylic oxidation sites excluding steroid dienone is 3. The van der Waals surface area contributed by atoms with E-state index in [1.165, 1.54) is 19.2 Å². The van der Waals surface area contributed by atoms with Crippen molar-refractivity contribution in [2.45, 2.75) is 31.6 Å². The summed E-state index contributed by atoms with van der Waals surface area (Å²) >= 11 is 0. The lowest BCUT2D eigenvalue weighted by atomic mass is 9.71. The second-order valence-electron chi connectivity index (χ2n) is 8.10. The number of ether oxygens (including phenoxy) is 2. The molecular weight excluding hydrogens is 424 g/mol. The highest BCUT2D eigenvalue weighted by molar-refractivity contribution is 6.04. The number of nitrogens with zero attached hydrogens (tertiary/aromatic N) is 1. The van der Waals surface area contributed by atoms with Crippen LogP contribution in [0.3, 0.4) is 0 Å². The molecule has 8 nitrogen and oxygen atoms in total. The second-order valence-corrected chi connectivity index (χ2v) is 8.10. The van der Waals surface area contributed by atoms with Crippen LogP contribution in [0.1, 0.15) is 42.7 Å². The maximum atomic E-state index is 13.5. The number of ketones is 1. The molecule has 2 aromatic rings. The molecule has 0 bridgehead atoms. The first kappa shape index (κ1) is 22.3. The molecule has 1 heterocycles. The number of nitro benzene ring substituents is 1. The summed E-state index contributed by atoms with van der Waals surface area (Å²) in [5.74, 6) is -0.651. The molecule has 2 aromatic carbocycles. The monoisotopic (exact) mass is 448 g/mol. The highest BCUT2D eigenvalue weighted by Gasteiger charge is 2.41. The number of rotatable bonds is 5. The first-order chi connectivity index (χ1) is 15.8. The van der Waals surface area contributed by atoms with Crippen molar-refractivity contribution in [2.24, 2.45) is 0 Å². The van der Waals surface area contributed by atoms with E-state index in [-0.39, 0.29) is 23.8 Å². The van der Waals surface area contributed by atoms with Crippen molar-refractivity contribution in [3.8, 4) is 5.75 Å². The topological polar surface area (TPSA) is 108 Å². The normalized spacial score (nSPS) is 20.2. The Morgan fingerprint density at radius 1 is 1.09 bits per heavy atom. The molecule has 33 heavy (non-hydrogen) atoms. The Bertz CT molecular complexity index is 1200. The summed E-state index contributed by atoms with van der Waals surface area (Å²) in [7, 11) is 2.90. The van der Waals surface area contributed by atoms with Crippen molar-refractivity contribution in [3.05, 3.63) is 92.3 Å². The zero-order valence-corrected chi connectivity index (χ0v) is 18.6. The van der Waals surface area contributed by atoms with Gasteiger partial charge in [-0.05, 0) is 30.5 Å². The number of nitro groups is 1. The van der Waals surface area contributed by atoms with Crippen molar-refractivity contribution in [3.63, 3.8) is 0 Å². The third-order valence-corrected chi connectivity index (χ3v) is 6.25. The smallest absolute Gasteiger partial charge is 0.336 e. The zero-order chi connectivity index (χ0) is 23.7. The van der Waals surface area contributed by atoms with Crippen LogP contribution in [-0.4, -0.2) is 30.9 Å². The molecule has 1 aliphatic heterocycles. The van der Waals surface area contributed by atoms with Crippen LogP contribution in [-0.2, 0) is 14.3 Å². The van der Waals surface area contributed by atoms with Crippen LogP contribution in [0.15, 0.2) is 71.1 Å². The van der Waals surface area contributed by atoms with Gasteiger partial charge in [-0.2, -0.15) is 0 Å². The van der Waals surface area contributed by atoms with Gasteiger partial charge < -0.3 is 14.8 Å². The van der Waals surface area contributed by atoms with E-state index in [4.69, 9.17) is 9.47 Å². The quantitative estimate of drug-likeness (QED) is 0.416. The summed E-state index contributed by atoms with van der Waals surface area (Å²) in [6.45, 7) is 1.77. The van der Waals surface area contributed by atoms with Crippen molar-refractivity contribution in [2.75, 3.05) is 14.2 Å². The minimum absolute atomic E-state index is 0.0617. The van der Waals surface area contributed by atoms with Gasteiger partial charge in [0, 0.05) is 47.4 Å². The number of para-hydroxylation sites is 1. The lowest BCUT2D eigenvalue weighted by Crippen LogP contribution is -2.36. The highest BCUT2D eigenvalue weighted by Crippen LogP contribution is 2.47. The lowest BCUT2D eigenvalue weighted by molar-refractivity contribution is -0.384. The molecule has 1 N–H and O–H groups in total. The summed E-state index contributed by atoms with van der Waals surface area (Å²) in [5.41, 5.74) is 3.68. The van der Waals surface area contributed by atoms with Crippen LogP contribution in [0.4, 0.5) is 5.69 Å². The number of Topliss-reactive ketones (excluding diaryl/α,β-unsaturated/α-hetero) is 1. The minimum Gasteiger partial charge on any atom is -0.496 e. The first-order valence-electron chi connectivity index (χ1n) is 10.5. The third-order valence-electron chi connectivity index (χ3n) is 6.25. The summed E-state index contributed by atoms with van der Waals surface area (Å²) in [6, 6.07) is 13.6. The van der Waals surface area contributed by atoms with E-state index in [9.17, 15) is 19.7 Å². The Hall–Kier alpha value is -3.94. The molecule has 2 atom stereocenters. The molecule has 0 amide bonds. The molecule has 0 unspecified atom stereocenters. The number of nitrogens with one attached hydrogen (secondary N) is 1. The fraction of sp³-hybridized carbons (Fsp3) is 0.280. The van der Waals surface area contributed by atoms with Crippen LogP contribution in [0.25, 0.3) is 0 Å². The molecule has 0 radical (unpaired) electrons. The van der Waals surface area contributed by atoms with Crippen LogP contribution >= 0.6 is 0 Å². The van der Waals surface area contributed by atoms with Gasteiger partial charge in [0.15, 0.2) is 5.78 Å². The van der Waals surface area contributed by atoms with Gasteiger partial charge in [-0.15, -0.1) is 0 Å². The molecule has 0 aromatic heterocycles. The van der Waals surface area contributed by atoms with E-state index in [1.807, 2.05) is 24.3 Å². The maximum absolute atomic E-state index is 13.5. The standard InChI is InChI=1S/C25H24N2O6/c1-14-22(25(29)33-3)23(15-8-10-17(11-9-15)27(30)31)24-19(26-14)12-16(13-20(24)28)18-6-4-5-7-21(18)32-2/h4-11,16,23,26H,12-13H2,1-3H3/t16-,23+/m1/s1. The van der Waals surface area contributed by atoms with Crippen molar-refractivity contribution < 1.29 is 24.0 Å². The summed E-state index contributed by atoms with van der Waals surface area (Å²) in [4.78, 5) is 36.8. The average Bonchev–Trinajstić information content (AvgIpc) is 2.82. The van der Waals surface area contributed by atoms with E-state index in [2.05, 4.69) is 5.32 Å². The third kappa shape index (κ3) is 4.00. The predicted octanol–water partition coefficient (Wildman–Crippen LogP) is 4.14. The Balaban J connectivity index is 1.81. The van der Waals surface area contributed by atoms with Gasteiger partial charge in [0.2, 0.25) is 0 Å². The van der Waals surface area contributed by atoms with Crippen LogP contribution in [0.5, 0.6) is 5.75 Å². The highest BCUT2D eigenvalue weighted by atomic mass is 16.6. The van der Waals surface area contributed by atoms with Gasteiger partial charge >= 0.3 is 5.97 Å². The fourth-order valence-corrected chi connectivity index (χ4v) is 4.76. The summed E-state index contributed by atoms with van der Waals surface area (Å²) in [6.07, 6.45) is 0.828. The molecule has 0 fully saturated rings. The molecular formula is C25H24N2O6.